The zero-order valence-electron chi connectivity index (χ0n) is 10.8. The molecule has 0 atom stereocenters. The highest BCUT2D eigenvalue weighted by Gasteiger charge is 2.14. The quantitative estimate of drug-likeness (QED) is 0.642. The normalized spacial score (nSPS) is 11.0. The van der Waals surface area contributed by atoms with Gasteiger partial charge in [0.15, 0.2) is 5.69 Å². The Labute approximate surface area is 119 Å². The smallest absolute Gasteiger partial charge is 0.292 e. The lowest BCUT2D eigenvalue weighted by molar-refractivity contribution is 0.477. The highest BCUT2D eigenvalue weighted by molar-refractivity contribution is 5.75. The summed E-state index contributed by atoms with van der Waals surface area (Å²) >= 11 is 0. The fourth-order valence-electron chi connectivity index (χ4n) is 1.85. The average Bonchev–Trinajstić information content (AvgIpc) is 2.88. The molecule has 2 aromatic heterocycles. The number of benzene rings is 1. The van der Waals surface area contributed by atoms with Crippen LogP contribution in [0.1, 0.15) is 0 Å². The first kappa shape index (κ1) is 12.8. The number of hydrogen-bond acceptors (Lipinski definition) is 5. The molecule has 7 heteroatoms. The van der Waals surface area contributed by atoms with Crippen molar-refractivity contribution in [3.63, 3.8) is 0 Å². The van der Waals surface area contributed by atoms with Crippen molar-refractivity contribution in [1.29, 1.82) is 0 Å². The Morgan fingerprint density at radius 1 is 1.05 bits per heavy atom. The van der Waals surface area contributed by atoms with Crippen LogP contribution in [-0.4, -0.2) is 20.3 Å². The van der Waals surface area contributed by atoms with Crippen LogP contribution in [0.3, 0.4) is 0 Å². The van der Waals surface area contributed by atoms with Crippen LogP contribution in [0.25, 0.3) is 11.3 Å². The number of nitrogens with zero attached hydrogens (tertiary/aromatic N) is 3. The van der Waals surface area contributed by atoms with Crippen molar-refractivity contribution in [3.05, 3.63) is 59.1 Å². The lowest BCUT2D eigenvalue weighted by atomic mass is 10.1. The summed E-state index contributed by atoms with van der Waals surface area (Å²) in [5.41, 5.74) is 1.06. The van der Waals surface area contributed by atoms with E-state index in [1.807, 2.05) is 0 Å². The Kier molecular flexibility index (Phi) is 3.30. The Morgan fingerprint density at radius 3 is 2.67 bits per heavy atom. The second-order valence-electron chi connectivity index (χ2n) is 4.23. The number of H-pyrrole nitrogens is 2. The Bertz CT molecular complexity index is 836. The molecule has 0 unspecified atom stereocenters. The van der Waals surface area contributed by atoms with Gasteiger partial charge in [-0.2, -0.15) is 0 Å². The van der Waals surface area contributed by atoms with Crippen molar-refractivity contribution in [2.75, 3.05) is 0 Å². The fraction of sp³-hybridized carbons (Fsp3) is 0. The fourth-order valence-corrected chi connectivity index (χ4v) is 1.85. The molecule has 0 saturated carbocycles. The number of hydrogen-bond donors (Lipinski definition) is 3. The summed E-state index contributed by atoms with van der Waals surface area (Å²) in [6, 6.07) is 10.1. The first-order valence-electron chi connectivity index (χ1n) is 6.16. The minimum absolute atomic E-state index is 0.0468. The van der Waals surface area contributed by atoms with Crippen LogP contribution in [0.5, 0.6) is 5.75 Å². The van der Waals surface area contributed by atoms with Crippen LogP contribution < -0.4 is 5.56 Å². The molecular formula is C14H11N5O2. The first-order chi connectivity index (χ1) is 10.3. The molecule has 104 valence electrons. The third kappa shape index (κ3) is 2.57. The summed E-state index contributed by atoms with van der Waals surface area (Å²) in [6.07, 6.45) is 3.15. The van der Waals surface area contributed by atoms with Gasteiger partial charge >= 0.3 is 0 Å². The summed E-state index contributed by atoms with van der Waals surface area (Å²) in [5.74, 6) is 0.0468. The molecular weight excluding hydrogens is 270 g/mol. The average molecular weight is 281 g/mol. The number of aromatic nitrogens is 3. The van der Waals surface area contributed by atoms with Gasteiger partial charge in [-0.25, -0.2) is 0 Å². The Hall–Kier alpha value is -3.22. The van der Waals surface area contributed by atoms with Gasteiger partial charge in [-0.1, -0.05) is 12.1 Å². The minimum atomic E-state index is -0.416. The Balaban J connectivity index is 2.05. The maximum absolute atomic E-state index is 11.8. The summed E-state index contributed by atoms with van der Waals surface area (Å²) in [7, 11) is 0. The standard InChI is InChI=1S/C14H11N5O2/c20-11-6-2-1-5-10(11)12-13(14(21)19-17-12)18-16-9-4-3-7-15-8-9/h1-8,20H,(H2,17,19,21). The molecule has 3 N–H and O–H groups in total. The largest absolute Gasteiger partial charge is 0.507 e. The van der Waals surface area contributed by atoms with E-state index in [1.165, 1.54) is 12.3 Å². The SMILES string of the molecule is O=c1[nH][nH]c(-c2ccccc2O)c1N=Nc1cccnc1. The highest BCUT2D eigenvalue weighted by Crippen LogP contribution is 2.32. The van der Waals surface area contributed by atoms with Gasteiger partial charge in [-0.15, -0.1) is 10.2 Å². The summed E-state index contributed by atoms with van der Waals surface area (Å²) in [4.78, 5) is 15.7. The van der Waals surface area contributed by atoms with Crippen LogP contribution in [0.15, 0.2) is 63.8 Å². The molecule has 0 radical (unpaired) electrons. The Morgan fingerprint density at radius 2 is 1.90 bits per heavy atom. The van der Waals surface area contributed by atoms with Crippen molar-refractivity contribution in [2.24, 2.45) is 10.2 Å². The van der Waals surface area contributed by atoms with Gasteiger partial charge in [0.05, 0.1) is 11.9 Å². The molecule has 21 heavy (non-hydrogen) atoms. The van der Waals surface area contributed by atoms with E-state index in [4.69, 9.17) is 0 Å². The van der Waals surface area contributed by atoms with Crippen LogP contribution in [0, 0.1) is 0 Å². The van der Waals surface area contributed by atoms with Gasteiger partial charge in [-0.05, 0) is 24.3 Å². The second kappa shape index (κ2) is 5.41. The number of nitrogens with one attached hydrogen (secondary N) is 2. The van der Waals surface area contributed by atoms with Crippen LogP contribution in [-0.2, 0) is 0 Å². The van der Waals surface area contributed by atoms with E-state index < -0.39 is 5.56 Å². The summed E-state index contributed by atoms with van der Waals surface area (Å²) in [5, 5.41) is 22.9. The van der Waals surface area contributed by atoms with Crippen molar-refractivity contribution >= 4 is 11.4 Å². The molecule has 0 spiro atoms. The summed E-state index contributed by atoms with van der Waals surface area (Å²) in [6.45, 7) is 0. The van der Waals surface area contributed by atoms with Gasteiger partial charge in [0.1, 0.15) is 11.4 Å². The maximum Gasteiger partial charge on any atom is 0.292 e. The number of phenols is 1. The molecule has 3 rings (SSSR count). The molecule has 0 amide bonds. The predicted molar refractivity (Wildman–Crippen MR) is 76.9 cm³/mol. The number of para-hydroxylation sites is 1. The molecule has 0 bridgehead atoms. The van der Waals surface area contributed by atoms with E-state index in [2.05, 4.69) is 25.4 Å². The predicted octanol–water partition coefficient (Wildman–Crippen LogP) is 2.89. The van der Waals surface area contributed by atoms with E-state index in [0.29, 0.717) is 16.9 Å². The zero-order chi connectivity index (χ0) is 14.7. The lowest BCUT2D eigenvalue weighted by Crippen LogP contribution is -1.96. The lowest BCUT2D eigenvalue weighted by Gasteiger charge is -2.01. The maximum atomic E-state index is 11.8. The highest BCUT2D eigenvalue weighted by atomic mass is 16.3. The number of rotatable bonds is 3. The third-order valence-electron chi connectivity index (χ3n) is 2.84. The number of pyridine rings is 1. The number of azo groups is 1. The van der Waals surface area contributed by atoms with E-state index in [1.54, 1.807) is 36.5 Å². The van der Waals surface area contributed by atoms with Crippen LogP contribution in [0.2, 0.25) is 0 Å². The van der Waals surface area contributed by atoms with Gasteiger partial charge < -0.3 is 5.11 Å². The molecule has 0 aliphatic carbocycles. The molecule has 0 saturated heterocycles. The topological polar surface area (TPSA) is 106 Å². The molecule has 0 aliphatic rings. The van der Waals surface area contributed by atoms with Crippen LogP contribution in [0.4, 0.5) is 11.4 Å². The third-order valence-corrected chi connectivity index (χ3v) is 2.84. The minimum Gasteiger partial charge on any atom is -0.507 e. The zero-order valence-corrected chi connectivity index (χ0v) is 10.8. The molecule has 0 fully saturated rings. The molecule has 1 aromatic carbocycles. The number of aromatic hydroxyl groups is 1. The van der Waals surface area contributed by atoms with E-state index in [9.17, 15) is 9.90 Å². The van der Waals surface area contributed by atoms with Crippen molar-refractivity contribution in [1.82, 2.24) is 15.2 Å². The molecule has 7 nitrogen and oxygen atoms in total. The van der Waals surface area contributed by atoms with E-state index >= 15 is 0 Å². The number of phenolic OH excluding ortho intramolecular Hbond substituents is 1. The monoisotopic (exact) mass is 281 g/mol. The van der Waals surface area contributed by atoms with E-state index in [0.717, 1.165) is 0 Å². The molecule has 3 aromatic rings. The van der Waals surface area contributed by atoms with Gasteiger partial charge in [-0.3, -0.25) is 20.0 Å². The second-order valence-corrected chi connectivity index (χ2v) is 4.23. The molecule has 2 heterocycles. The van der Waals surface area contributed by atoms with Crippen molar-refractivity contribution in [3.8, 4) is 17.0 Å². The van der Waals surface area contributed by atoms with Crippen molar-refractivity contribution < 1.29 is 5.11 Å². The van der Waals surface area contributed by atoms with Crippen molar-refractivity contribution in [2.45, 2.75) is 0 Å². The van der Waals surface area contributed by atoms with Gasteiger partial charge in [0, 0.05) is 11.8 Å². The van der Waals surface area contributed by atoms with Crippen LogP contribution >= 0.6 is 0 Å². The molecule has 0 aliphatic heterocycles. The van der Waals surface area contributed by atoms with Gasteiger partial charge in [0.2, 0.25) is 0 Å². The number of aromatic amines is 2. The van der Waals surface area contributed by atoms with E-state index in [-0.39, 0.29) is 11.4 Å². The van der Waals surface area contributed by atoms with Gasteiger partial charge in [0.25, 0.3) is 5.56 Å². The first-order valence-corrected chi connectivity index (χ1v) is 6.16. The summed E-state index contributed by atoms with van der Waals surface area (Å²) < 4.78 is 0.